The van der Waals surface area contributed by atoms with E-state index in [4.69, 9.17) is 11.6 Å². The van der Waals surface area contributed by atoms with Crippen LogP contribution in [0.25, 0.3) is 11.0 Å². The molecule has 0 saturated carbocycles. The summed E-state index contributed by atoms with van der Waals surface area (Å²) in [5.74, 6) is 1.33. The Labute approximate surface area is 130 Å². The molecule has 0 unspecified atom stereocenters. The summed E-state index contributed by atoms with van der Waals surface area (Å²) < 4.78 is 1.96. The van der Waals surface area contributed by atoms with Gasteiger partial charge in [-0.25, -0.2) is 4.98 Å². The van der Waals surface area contributed by atoms with E-state index < -0.39 is 0 Å². The zero-order chi connectivity index (χ0) is 15.6. The number of benzene rings is 1. The van der Waals surface area contributed by atoms with Gasteiger partial charge in [0.25, 0.3) is 0 Å². The monoisotopic (exact) mass is 307 g/mol. The Hall–Kier alpha value is -1.55. The largest absolute Gasteiger partial charge is 0.350 e. The van der Waals surface area contributed by atoms with Gasteiger partial charge >= 0.3 is 0 Å². The number of carbonyl (C=O) groups excluding carboxylic acids is 1. The van der Waals surface area contributed by atoms with Crippen molar-refractivity contribution in [3.05, 3.63) is 29.6 Å². The highest BCUT2D eigenvalue weighted by Gasteiger charge is 2.17. The summed E-state index contributed by atoms with van der Waals surface area (Å²) >= 11 is 5.86. The third-order valence-electron chi connectivity index (χ3n) is 3.12. The van der Waals surface area contributed by atoms with Crippen molar-refractivity contribution in [3.8, 4) is 0 Å². The van der Waals surface area contributed by atoms with Crippen LogP contribution in [0.3, 0.4) is 0 Å². The minimum Gasteiger partial charge on any atom is -0.350 e. The molecular formula is C16H22ClN3O. The highest BCUT2D eigenvalue weighted by Crippen LogP contribution is 2.19. The van der Waals surface area contributed by atoms with Crippen molar-refractivity contribution in [2.24, 2.45) is 0 Å². The Morgan fingerprint density at radius 3 is 2.71 bits per heavy atom. The van der Waals surface area contributed by atoms with Gasteiger partial charge < -0.3 is 9.88 Å². The normalized spacial score (nSPS) is 11.9. The third kappa shape index (κ3) is 3.97. The summed E-state index contributed by atoms with van der Waals surface area (Å²) in [5.41, 5.74) is 2.80. The molecule has 1 aromatic carbocycles. The van der Waals surface area contributed by atoms with E-state index in [2.05, 4.69) is 16.4 Å². The van der Waals surface area contributed by atoms with Crippen molar-refractivity contribution < 1.29 is 4.79 Å². The molecule has 5 heteroatoms. The van der Waals surface area contributed by atoms with E-state index in [0.29, 0.717) is 12.3 Å². The molecule has 0 saturated heterocycles. The second-order valence-electron chi connectivity index (χ2n) is 6.34. The van der Waals surface area contributed by atoms with E-state index in [1.54, 1.807) is 0 Å². The number of amides is 1. The van der Waals surface area contributed by atoms with Gasteiger partial charge in [-0.05, 0) is 45.4 Å². The minimum absolute atomic E-state index is 0.0147. The summed E-state index contributed by atoms with van der Waals surface area (Å²) in [6, 6.07) is 6.07. The molecule has 0 fully saturated rings. The smallest absolute Gasteiger partial charge is 0.240 e. The molecule has 1 aromatic heterocycles. The molecule has 1 N–H and O–H groups in total. The number of alkyl halides is 1. The molecule has 114 valence electrons. The summed E-state index contributed by atoms with van der Waals surface area (Å²) in [6.07, 6.45) is 0.651. The number of aromatic nitrogens is 2. The summed E-state index contributed by atoms with van der Waals surface area (Å²) in [5, 5.41) is 2.99. The number of nitrogens with one attached hydrogen (secondary N) is 1. The molecule has 0 aliphatic rings. The van der Waals surface area contributed by atoms with E-state index in [0.717, 1.165) is 22.4 Å². The predicted molar refractivity (Wildman–Crippen MR) is 86.8 cm³/mol. The van der Waals surface area contributed by atoms with E-state index in [-0.39, 0.29) is 18.0 Å². The van der Waals surface area contributed by atoms with Gasteiger partial charge in [0, 0.05) is 17.8 Å². The van der Waals surface area contributed by atoms with Crippen molar-refractivity contribution in [3.63, 3.8) is 0 Å². The Balaban J connectivity index is 2.37. The molecule has 1 amide bonds. The van der Waals surface area contributed by atoms with Crippen molar-refractivity contribution in [1.29, 1.82) is 0 Å². The first-order valence-corrected chi connectivity index (χ1v) is 7.66. The molecule has 0 spiro atoms. The number of fused-ring (bicyclic) bond motifs is 1. The summed E-state index contributed by atoms with van der Waals surface area (Å²) in [4.78, 5) is 16.8. The predicted octanol–water partition coefficient (Wildman–Crippen LogP) is 3.04. The average molecular weight is 308 g/mol. The molecule has 0 aliphatic heterocycles. The fourth-order valence-corrected chi connectivity index (χ4v) is 2.50. The Bertz CT molecular complexity index is 655. The average Bonchev–Trinajstić information content (AvgIpc) is 2.66. The van der Waals surface area contributed by atoms with Crippen LogP contribution in [0.2, 0.25) is 0 Å². The zero-order valence-electron chi connectivity index (χ0n) is 13.0. The van der Waals surface area contributed by atoms with Gasteiger partial charge in [-0.3, -0.25) is 4.79 Å². The Morgan fingerprint density at radius 1 is 1.38 bits per heavy atom. The highest BCUT2D eigenvalue weighted by molar-refractivity contribution is 6.17. The van der Waals surface area contributed by atoms with Crippen LogP contribution in [0.1, 0.15) is 32.2 Å². The van der Waals surface area contributed by atoms with Crippen LogP contribution < -0.4 is 5.32 Å². The topological polar surface area (TPSA) is 46.9 Å². The molecule has 4 nitrogen and oxygen atoms in total. The lowest BCUT2D eigenvalue weighted by molar-refractivity contribution is -0.123. The quantitative estimate of drug-likeness (QED) is 0.883. The lowest BCUT2D eigenvalue weighted by Gasteiger charge is -2.21. The first kappa shape index (κ1) is 15.8. The van der Waals surface area contributed by atoms with Crippen LogP contribution in [0.15, 0.2) is 18.2 Å². The molecule has 2 aromatic rings. The van der Waals surface area contributed by atoms with Crippen molar-refractivity contribution in [1.82, 2.24) is 14.9 Å². The van der Waals surface area contributed by atoms with Crippen LogP contribution in [0, 0.1) is 6.92 Å². The molecular weight excluding hydrogens is 286 g/mol. The molecule has 0 radical (unpaired) electrons. The fraction of sp³-hybridized carbons (Fsp3) is 0.500. The van der Waals surface area contributed by atoms with Crippen LogP contribution in [-0.4, -0.2) is 26.9 Å². The maximum atomic E-state index is 12.2. The molecule has 1 heterocycles. The minimum atomic E-state index is -0.240. The van der Waals surface area contributed by atoms with Gasteiger partial charge in [0.1, 0.15) is 12.4 Å². The maximum absolute atomic E-state index is 12.2. The number of halogens is 1. The van der Waals surface area contributed by atoms with Gasteiger partial charge in [0.2, 0.25) is 5.91 Å². The molecule has 21 heavy (non-hydrogen) atoms. The fourth-order valence-electron chi connectivity index (χ4n) is 2.34. The second-order valence-corrected chi connectivity index (χ2v) is 6.72. The summed E-state index contributed by atoms with van der Waals surface area (Å²) in [6.45, 7) is 8.22. The Morgan fingerprint density at radius 2 is 2.10 bits per heavy atom. The highest BCUT2D eigenvalue weighted by atomic mass is 35.5. The lowest BCUT2D eigenvalue weighted by atomic mass is 10.1. The number of hydrogen-bond acceptors (Lipinski definition) is 2. The second kappa shape index (κ2) is 6.06. The SMILES string of the molecule is Cc1ccc2nc(CCCl)n(CC(=O)NC(C)(C)C)c2c1. The number of imidazole rings is 1. The van der Waals surface area contributed by atoms with Gasteiger partial charge in [0.15, 0.2) is 0 Å². The number of nitrogens with zero attached hydrogens (tertiary/aromatic N) is 2. The van der Waals surface area contributed by atoms with E-state index in [1.165, 1.54) is 0 Å². The van der Waals surface area contributed by atoms with Crippen LogP contribution in [0.4, 0.5) is 0 Å². The van der Waals surface area contributed by atoms with E-state index in [1.807, 2.05) is 44.4 Å². The summed E-state index contributed by atoms with van der Waals surface area (Å²) in [7, 11) is 0. The number of rotatable bonds is 4. The molecule has 0 atom stereocenters. The van der Waals surface area contributed by atoms with Gasteiger partial charge in [-0.15, -0.1) is 11.6 Å². The number of carbonyl (C=O) groups is 1. The molecule has 0 aliphatic carbocycles. The van der Waals surface area contributed by atoms with Gasteiger partial charge in [-0.1, -0.05) is 6.07 Å². The number of aryl methyl sites for hydroxylation is 2. The van der Waals surface area contributed by atoms with E-state index >= 15 is 0 Å². The molecule has 0 bridgehead atoms. The van der Waals surface area contributed by atoms with E-state index in [9.17, 15) is 4.79 Å². The first-order valence-electron chi connectivity index (χ1n) is 7.13. The molecule has 2 rings (SSSR count). The third-order valence-corrected chi connectivity index (χ3v) is 3.31. The van der Waals surface area contributed by atoms with Gasteiger partial charge in [0.05, 0.1) is 11.0 Å². The zero-order valence-corrected chi connectivity index (χ0v) is 13.8. The standard InChI is InChI=1S/C16H22ClN3O/c1-11-5-6-12-13(9-11)20(14(18-12)7-8-17)10-15(21)19-16(2,3)4/h5-6,9H,7-8,10H2,1-4H3,(H,19,21). The first-order chi connectivity index (χ1) is 9.80. The van der Waals surface area contributed by atoms with Crippen LogP contribution in [0.5, 0.6) is 0 Å². The maximum Gasteiger partial charge on any atom is 0.240 e. The lowest BCUT2D eigenvalue weighted by Crippen LogP contribution is -2.42. The Kier molecular flexibility index (Phi) is 4.57. The van der Waals surface area contributed by atoms with Crippen LogP contribution >= 0.6 is 11.6 Å². The number of hydrogen-bond donors (Lipinski definition) is 1. The van der Waals surface area contributed by atoms with Gasteiger partial charge in [-0.2, -0.15) is 0 Å². The van der Waals surface area contributed by atoms with Crippen LogP contribution in [-0.2, 0) is 17.8 Å². The van der Waals surface area contributed by atoms with Crippen molar-refractivity contribution >= 4 is 28.5 Å². The van der Waals surface area contributed by atoms with Crippen molar-refractivity contribution in [2.75, 3.05) is 5.88 Å². The van der Waals surface area contributed by atoms with Crippen molar-refractivity contribution in [2.45, 2.75) is 46.2 Å².